The van der Waals surface area contributed by atoms with Crippen LogP contribution in [0.3, 0.4) is 0 Å². The van der Waals surface area contributed by atoms with Gasteiger partial charge in [0.2, 0.25) is 0 Å². The maximum atomic E-state index is 14.5. The highest BCUT2D eigenvalue weighted by molar-refractivity contribution is 5.90. The van der Waals surface area contributed by atoms with Crippen molar-refractivity contribution >= 4 is 22.8 Å². The fourth-order valence-electron chi connectivity index (χ4n) is 4.24. The molecule has 6 nitrogen and oxygen atoms in total. The number of urea groups is 1. The number of carbonyl (C=O) groups excluding carboxylic acids is 1. The van der Waals surface area contributed by atoms with E-state index in [-0.39, 0.29) is 11.7 Å². The predicted octanol–water partition coefficient (Wildman–Crippen LogP) is 4.70. The minimum Gasteiger partial charge on any atom is -0.323 e. The molecule has 5 rings (SSSR count). The van der Waals surface area contributed by atoms with Crippen LogP contribution in [0.15, 0.2) is 36.7 Å². The molecular formula is C22H24FN5O. The summed E-state index contributed by atoms with van der Waals surface area (Å²) in [6, 6.07) is 6.44. The minimum atomic E-state index is -0.405. The van der Waals surface area contributed by atoms with E-state index >= 15 is 0 Å². The molecule has 1 saturated carbocycles. The summed E-state index contributed by atoms with van der Waals surface area (Å²) in [6.07, 6.45) is 7.28. The zero-order valence-electron chi connectivity index (χ0n) is 16.7. The van der Waals surface area contributed by atoms with Crippen molar-refractivity contribution in [2.45, 2.75) is 39.0 Å². The van der Waals surface area contributed by atoms with Crippen molar-refractivity contribution in [1.29, 1.82) is 0 Å². The van der Waals surface area contributed by atoms with E-state index in [4.69, 9.17) is 0 Å². The number of pyridine rings is 1. The van der Waals surface area contributed by atoms with Crippen LogP contribution in [0.5, 0.6) is 0 Å². The van der Waals surface area contributed by atoms with Crippen LogP contribution in [0, 0.1) is 11.2 Å². The Labute approximate surface area is 168 Å². The lowest BCUT2D eigenvalue weighted by Crippen LogP contribution is -2.62. The summed E-state index contributed by atoms with van der Waals surface area (Å²) in [4.78, 5) is 18.7. The standard InChI is InChI=1S/C22H24FN5O/c1-14(2)15-8-16-11-28(26-20(16)24-10-15)19-9-17(4-5-18(19)23)25-21(29)27-12-22(13-27)6-3-7-22/h4-5,8-11,14H,3,6-7,12-13H2,1-2H3,(H,25,29). The molecule has 0 atom stereocenters. The van der Waals surface area contributed by atoms with E-state index in [0.717, 1.165) is 24.0 Å². The Kier molecular flexibility index (Phi) is 4.08. The molecule has 1 N–H and O–H groups in total. The molecule has 2 amide bonds. The quantitative estimate of drug-likeness (QED) is 0.701. The summed E-state index contributed by atoms with van der Waals surface area (Å²) in [7, 11) is 0. The van der Waals surface area contributed by atoms with Crippen molar-refractivity contribution in [2.75, 3.05) is 18.4 Å². The predicted molar refractivity (Wildman–Crippen MR) is 110 cm³/mol. The SMILES string of the molecule is CC(C)c1cnc2nn(-c3cc(NC(=O)N4CC5(CCC5)C4)ccc3F)cc2c1. The molecule has 7 heteroatoms. The van der Waals surface area contributed by atoms with E-state index in [1.807, 2.05) is 11.0 Å². The third-order valence-electron chi connectivity index (χ3n) is 6.24. The van der Waals surface area contributed by atoms with Crippen molar-refractivity contribution in [1.82, 2.24) is 19.7 Å². The Bertz CT molecular complexity index is 1090. The van der Waals surface area contributed by atoms with Gasteiger partial charge in [0.25, 0.3) is 0 Å². The Morgan fingerprint density at radius 2 is 2.03 bits per heavy atom. The number of halogens is 1. The number of benzene rings is 1. The first kappa shape index (κ1) is 18.1. The van der Waals surface area contributed by atoms with Gasteiger partial charge in [-0.1, -0.05) is 20.3 Å². The second-order valence-electron chi connectivity index (χ2n) is 8.72. The van der Waals surface area contributed by atoms with Crippen LogP contribution >= 0.6 is 0 Å². The van der Waals surface area contributed by atoms with E-state index in [0.29, 0.717) is 22.7 Å². The molecule has 1 saturated heterocycles. The van der Waals surface area contributed by atoms with Crippen molar-refractivity contribution in [2.24, 2.45) is 5.41 Å². The lowest BCUT2D eigenvalue weighted by molar-refractivity contribution is -0.0289. The second kappa shape index (κ2) is 6.54. The van der Waals surface area contributed by atoms with Crippen LogP contribution in [0.2, 0.25) is 0 Å². The number of likely N-dealkylation sites (tertiary alicyclic amines) is 1. The fourth-order valence-corrected chi connectivity index (χ4v) is 4.24. The van der Waals surface area contributed by atoms with Gasteiger partial charge in [-0.3, -0.25) is 0 Å². The topological polar surface area (TPSA) is 63.1 Å². The molecule has 3 heterocycles. The van der Waals surface area contributed by atoms with E-state index < -0.39 is 5.82 Å². The molecule has 0 bridgehead atoms. The molecule has 1 aromatic carbocycles. The van der Waals surface area contributed by atoms with Crippen molar-refractivity contribution in [3.05, 3.63) is 48.0 Å². The van der Waals surface area contributed by atoms with Gasteiger partial charge in [0.1, 0.15) is 11.5 Å². The number of aromatic nitrogens is 3. The highest BCUT2D eigenvalue weighted by Crippen LogP contribution is 2.48. The minimum absolute atomic E-state index is 0.131. The number of nitrogens with one attached hydrogen (secondary N) is 1. The smallest absolute Gasteiger partial charge is 0.321 e. The summed E-state index contributed by atoms with van der Waals surface area (Å²) in [5.41, 5.74) is 2.89. The first-order valence-electron chi connectivity index (χ1n) is 10.1. The molecule has 29 heavy (non-hydrogen) atoms. The van der Waals surface area contributed by atoms with Crippen LogP contribution in [0.1, 0.15) is 44.6 Å². The van der Waals surface area contributed by atoms with Gasteiger partial charge in [-0.2, -0.15) is 0 Å². The molecule has 0 radical (unpaired) electrons. The van der Waals surface area contributed by atoms with Gasteiger partial charge in [0.15, 0.2) is 5.65 Å². The summed E-state index contributed by atoms with van der Waals surface area (Å²) < 4.78 is 16.0. The summed E-state index contributed by atoms with van der Waals surface area (Å²) in [5, 5.41) is 8.15. The lowest BCUT2D eigenvalue weighted by Gasteiger charge is -2.55. The number of anilines is 1. The molecule has 0 unspecified atom stereocenters. The van der Waals surface area contributed by atoms with Gasteiger partial charge in [-0.15, -0.1) is 5.10 Å². The van der Waals surface area contributed by atoms with Gasteiger partial charge in [-0.05, 0) is 48.6 Å². The summed E-state index contributed by atoms with van der Waals surface area (Å²) in [6.45, 7) is 5.84. The van der Waals surface area contributed by atoms with Gasteiger partial charge in [0, 0.05) is 42.0 Å². The molecule has 2 fully saturated rings. The molecular weight excluding hydrogens is 369 g/mol. The maximum Gasteiger partial charge on any atom is 0.321 e. The normalized spacial score (nSPS) is 17.4. The Hall–Kier alpha value is -2.96. The highest BCUT2D eigenvalue weighted by Gasteiger charge is 2.48. The molecule has 1 aliphatic heterocycles. The van der Waals surface area contributed by atoms with Gasteiger partial charge in [-0.25, -0.2) is 18.9 Å². The van der Waals surface area contributed by atoms with Gasteiger partial charge >= 0.3 is 6.03 Å². The monoisotopic (exact) mass is 393 g/mol. The van der Waals surface area contributed by atoms with Crippen LogP contribution in [-0.2, 0) is 0 Å². The number of amides is 2. The van der Waals surface area contributed by atoms with Crippen molar-refractivity contribution in [3.8, 4) is 5.69 Å². The Morgan fingerprint density at radius 1 is 1.24 bits per heavy atom. The van der Waals surface area contributed by atoms with Crippen molar-refractivity contribution < 1.29 is 9.18 Å². The number of hydrogen-bond donors (Lipinski definition) is 1. The summed E-state index contributed by atoms with van der Waals surface area (Å²) >= 11 is 0. The third kappa shape index (κ3) is 3.14. The Balaban J connectivity index is 1.38. The first-order valence-corrected chi connectivity index (χ1v) is 10.1. The van der Waals surface area contributed by atoms with Crippen LogP contribution in [0.25, 0.3) is 16.7 Å². The number of nitrogens with zero attached hydrogens (tertiary/aromatic N) is 4. The highest BCUT2D eigenvalue weighted by atomic mass is 19.1. The van der Waals surface area contributed by atoms with Crippen LogP contribution in [0.4, 0.5) is 14.9 Å². The maximum absolute atomic E-state index is 14.5. The average molecular weight is 393 g/mol. The number of carbonyl (C=O) groups is 1. The molecule has 2 aliphatic rings. The van der Waals surface area contributed by atoms with Crippen LogP contribution < -0.4 is 5.32 Å². The average Bonchev–Trinajstić information content (AvgIpc) is 3.03. The zero-order valence-corrected chi connectivity index (χ0v) is 16.7. The number of rotatable bonds is 3. The largest absolute Gasteiger partial charge is 0.323 e. The third-order valence-corrected chi connectivity index (χ3v) is 6.24. The molecule has 3 aromatic rings. The van der Waals surface area contributed by atoms with E-state index in [1.54, 1.807) is 24.5 Å². The van der Waals surface area contributed by atoms with Gasteiger partial charge < -0.3 is 10.2 Å². The summed E-state index contributed by atoms with van der Waals surface area (Å²) in [5.74, 6) is -0.0524. The lowest BCUT2D eigenvalue weighted by atomic mass is 9.64. The van der Waals surface area contributed by atoms with Gasteiger partial charge in [0.05, 0.1) is 0 Å². The fraction of sp³-hybridized carbons (Fsp3) is 0.409. The van der Waals surface area contributed by atoms with Crippen molar-refractivity contribution in [3.63, 3.8) is 0 Å². The second-order valence-corrected chi connectivity index (χ2v) is 8.72. The molecule has 1 aliphatic carbocycles. The number of fused-ring (bicyclic) bond motifs is 1. The zero-order chi connectivity index (χ0) is 20.2. The first-order chi connectivity index (χ1) is 13.9. The number of hydrogen-bond acceptors (Lipinski definition) is 3. The molecule has 2 aromatic heterocycles. The Morgan fingerprint density at radius 3 is 2.72 bits per heavy atom. The van der Waals surface area contributed by atoms with E-state index in [9.17, 15) is 9.18 Å². The molecule has 150 valence electrons. The van der Waals surface area contributed by atoms with Crippen LogP contribution in [-0.4, -0.2) is 38.8 Å². The van der Waals surface area contributed by atoms with E-state index in [1.165, 1.54) is 30.0 Å². The molecule has 1 spiro atoms. The van der Waals surface area contributed by atoms with E-state index in [2.05, 4.69) is 29.2 Å².